The van der Waals surface area contributed by atoms with Crippen LogP contribution in [0.1, 0.15) is 5.56 Å². The first kappa shape index (κ1) is 16.4. The minimum atomic E-state index is -3.78. The van der Waals surface area contributed by atoms with E-state index in [9.17, 15) is 18.5 Å². The number of nitrogens with zero attached hydrogens (tertiary/aromatic N) is 2. The van der Waals surface area contributed by atoms with Crippen molar-refractivity contribution in [2.75, 3.05) is 11.4 Å². The van der Waals surface area contributed by atoms with Gasteiger partial charge in [0, 0.05) is 23.7 Å². The Bertz CT molecular complexity index is 819. The van der Waals surface area contributed by atoms with Gasteiger partial charge in [-0.1, -0.05) is 22.0 Å². The van der Waals surface area contributed by atoms with Crippen LogP contribution in [-0.2, 0) is 10.0 Å². The molecule has 116 valence electrons. The van der Waals surface area contributed by atoms with E-state index in [-0.39, 0.29) is 16.3 Å². The molecule has 2 aromatic rings. The van der Waals surface area contributed by atoms with E-state index in [0.29, 0.717) is 5.56 Å². The molecule has 0 atom stereocenters. The predicted molar refractivity (Wildman–Crippen MR) is 87.6 cm³/mol. The van der Waals surface area contributed by atoms with Crippen LogP contribution in [0, 0.1) is 17.0 Å². The Balaban J connectivity index is 2.50. The van der Waals surface area contributed by atoms with Crippen molar-refractivity contribution in [1.82, 2.24) is 0 Å². The van der Waals surface area contributed by atoms with E-state index < -0.39 is 14.9 Å². The molecule has 2 aromatic carbocycles. The van der Waals surface area contributed by atoms with E-state index in [1.165, 1.54) is 37.4 Å². The first-order valence-corrected chi connectivity index (χ1v) is 8.46. The smallest absolute Gasteiger partial charge is 0.269 e. The Morgan fingerprint density at radius 2 is 1.73 bits per heavy atom. The average Bonchev–Trinajstić information content (AvgIpc) is 2.47. The van der Waals surface area contributed by atoms with Crippen molar-refractivity contribution in [1.29, 1.82) is 0 Å². The summed E-state index contributed by atoms with van der Waals surface area (Å²) in [4.78, 5) is 10.4. The molecule has 0 saturated carbocycles. The molecule has 0 unspecified atom stereocenters. The summed E-state index contributed by atoms with van der Waals surface area (Å²) in [5, 5.41) is 10.9. The molecule has 0 radical (unpaired) electrons. The Labute approximate surface area is 136 Å². The molecule has 0 aliphatic rings. The molecule has 0 spiro atoms. The number of hydrogen-bond acceptors (Lipinski definition) is 4. The van der Waals surface area contributed by atoms with Crippen LogP contribution in [0.2, 0.25) is 0 Å². The standard InChI is InChI=1S/C14H13BrN2O4S/c1-10-3-6-12(17(18)19)9-14(10)16(2)22(20,21)13-7-4-11(15)5-8-13/h3-9H,1-2H3. The Morgan fingerprint density at radius 3 is 2.27 bits per heavy atom. The number of sulfonamides is 1. The normalized spacial score (nSPS) is 11.2. The highest BCUT2D eigenvalue weighted by molar-refractivity contribution is 9.10. The van der Waals surface area contributed by atoms with Gasteiger partial charge in [0.15, 0.2) is 0 Å². The number of halogens is 1. The summed E-state index contributed by atoms with van der Waals surface area (Å²) in [7, 11) is -2.41. The number of aryl methyl sites for hydroxylation is 1. The minimum Gasteiger partial charge on any atom is -0.269 e. The monoisotopic (exact) mass is 384 g/mol. The predicted octanol–water partition coefficient (Wildman–Crippen LogP) is 3.49. The van der Waals surface area contributed by atoms with Crippen LogP contribution in [-0.4, -0.2) is 20.4 Å². The summed E-state index contributed by atoms with van der Waals surface area (Å²) < 4.78 is 27.1. The summed E-state index contributed by atoms with van der Waals surface area (Å²) >= 11 is 3.25. The molecule has 0 N–H and O–H groups in total. The lowest BCUT2D eigenvalue weighted by atomic mass is 10.2. The van der Waals surface area contributed by atoms with Gasteiger partial charge in [-0.05, 0) is 36.8 Å². The molecular formula is C14H13BrN2O4S. The van der Waals surface area contributed by atoms with Gasteiger partial charge in [-0.2, -0.15) is 0 Å². The van der Waals surface area contributed by atoms with Gasteiger partial charge >= 0.3 is 0 Å². The highest BCUT2D eigenvalue weighted by Gasteiger charge is 2.24. The van der Waals surface area contributed by atoms with Gasteiger partial charge in [0.1, 0.15) is 0 Å². The van der Waals surface area contributed by atoms with Gasteiger partial charge in [-0.3, -0.25) is 14.4 Å². The molecule has 8 heteroatoms. The lowest BCUT2D eigenvalue weighted by molar-refractivity contribution is -0.384. The third kappa shape index (κ3) is 3.12. The second kappa shape index (κ2) is 6.05. The lowest BCUT2D eigenvalue weighted by Gasteiger charge is -2.21. The van der Waals surface area contributed by atoms with Crippen LogP contribution in [0.5, 0.6) is 0 Å². The van der Waals surface area contributed by atoms with E-state index in [0.717, 1.165) is 8.78 Å². The number of non-ortho nitro benzene ring substituents is 1. The van der Waals surface area contributed by atoms with Crippen LogP contribution in [0.25, 0.3) is 0 Å². The highest BCUT2D eigenvalue weighted by Crippen LogP contribution is 2.29. The second-order valence-electron chi connectivity index (χ2n) is 4.65. The fourth-order valence-electron chi connectivity index (χ4n) is 1.94. The molecule has 0 aliphatic heterocycles. The van der Waals surface area contributed by atoms with Crippen molar-refractivity contribution < 1.29 is 13.3 Å². The van der Waals surface area contributed by atoms with E-state index >= 15 is 0 Å². The Morgan fingerprint density at radius 1 is 1.14 bits per heavy atom. The molecule has 0 fully saturated rings. The fraction of sp³-hybridized carbons (Fsp3) is 0.143. The lowest BCUT2D eigenvalue weighted by Crippen LogP contribution is -2.27. The van der Waals surface area contributed by atoms with Gasteiger partial charge < -0.3 is 0 Å². The SMILES string of the molecule is Cc1ccc([N+](=O)[O-])cc1N(C)S(=O)(=O)c1ccc(Br)cc1. The molecule has 22 heavy (non-hydrogen) atoms. The maximum absolute atomic E-state index is 12.6. The molecule has 0 amide bonds. The minimum absolute atomic E-state index is 0.115. The summed E-state index contributed by atoms with van der Waals surface area (Å²) in [5.41, 5.74) is 0.754. The molecule has 0 aliphatic carbocycles. The number of rotatable bonds is 4. The van der Waals surface area contributed by atoms with Crippen molar-refractivity contribution in [2.24, 2.45) is 0 Å². The van der Waals surface area contributed by atoms with Crippen molar-refractivity contribution in [3.63, 3.8) is 0 Å². The zero-order valence-electron chi connectivity index (χ0n) is 11.9. The molecule has 0 bridgehead atoms. The van der Waals surface area contributed by atoms with E-state index in [1.807, 2.05) is 0 Å². The number of nitro groups is 1. The largest absolute Gasteiger partial charge is 0.271 e. The van der Waals surface area contributed by atoms with Crippen molar-refractivity contribution in [3.8, 4) is 0 Å². The summed E-state index contributed by atoms with van der Waals surface area (Å²) in [6.45, 7) is 1.70. The molecule has 2 rings (SSSR count). The van der Waals surface area contributed by atoms with Gasteiger partial charge in [-0.15, -0.1) is 0 Å². The zero-order valence-corrected chi connectivity index (χ0v) is 14.3. The molecule has 6 nitrogen and oxygen atoms in total. The number of benzene rings is 2. The van der Waals surface area contributed by atoms with E-state index in [1.54, 1.807) is 19.1 Å². The zero-order chi connectivity index (χ0) is 16.5. The Hall–Kier alpha value is -1.93. The molecular weight excluding hydrogens is 372 g/mol. The fourth-order valence-corrected chi connectivity index (χ4v) is 3.46. The number of hydrogen-bond donors (Lipinski definition) is 0. The number of anilines is 1. The third-order valence-electron chi connectivity index (χ3n) is 3.21. The van der Waals surface area contributed by atoms with Crippen LogP contribution < -0.4 is 4.31 Å². The van der Waals surface area contributed by atoms with E-state index in [2.05, 4.69) is 15.9 Å². The first-order valence-electron chi connectivity index (χ1n) is 6.23. The van der Waals surface area contributed by atoms with Crippen LogP contribution in [0.15, 0.2) is 51.8 Å². The van der Waals surface area contributed by atoms with Gasteiger partial charge in [0.25, 0.3) is 15.7 Å². The first-order chi connectivity index (χ1) is 10.2. The molecule has 0 aromatic heterocycles. The summed E-state index contributed by atoms with van der Waals surface area (Å²) in [6, 6.07) is 10.3. The van der Waals surface area contributed by atoms with Crippen molar-refractivity contribution in [3.05, 3.63) is 62.6 Å². The van der Waals surface area contributed by atoms with Crippen molar-refractivity contribution in [2.45, 2.75) is 11.8 Å². The average molecular weight is 385 g/mol. The highest BCUT2D eigenvalue weighted by atomic mass is 79.9. The van der Waals surface area contributed by atoms with Crippen LogP contribution in [0.3, 0.4) is 0 Å². The quantitative estimate of drug-likeness (QED) is 0.596. The van der Waals surface area contributed by atoms with Crippen LogP contribution >= 0.6 is 15.9 Å². The summed E-state index contributed by atoms with van der Waals surface area (Å²) in [6.07, 6.45) is 0. The van der Waals surface area contributed by atoms with E-state index in [4.69, 9.17) is 0 Å². The third-order valence-corrected chi connectivity index (χ3v) is 5.53. The number of nitro benzene ring substituents is 1. The molecule has 0 heterocycles. The maximum atomic E-state index is 12.6. The summed E-state index contributed by atoms with van der Waals surface area (Å²) in [5.74, 6) is 0. The van der Waals surface area contributed by atoms with Gasteiger partial charge in [0.05, 0.1) is 15.5 Å². The van der Waals surface area contributed by atoms with Crippen molar-refractivity contribution >= 4 is 37.3 Å². The van der Waals surface area contributed by atoms with Gasteiger partial charge in [-0.25, -0.2) is 8.42 Å². The topological polar surface area (TPSA) is 80.5 Å². The Kier molecular flexibility index (Phi) is 4.52. The van der Waals surface area contributed by atoms with Crippen LogP contribution in [0.4, 0.5) is 11.4 Å². The molecule has 0 saturated heterocycles. The second-order valence-corrected chi connectivity index (χ2v) is 7.54. The van der Waals surface area contributed by atoms with Gasteiger partial charge in [0.2, 0.25) is 0 Å². The maximum Gasteiger partial charge on any atom is 0.271 e.